The molecule has 0 aliphatic carbocycles. The number of nitrogens with one attached hydrogen (secondary N) is 2. The summed E-state index contributed by atoms with van der Waals surface area (Å²) < 4.78 is 1.72. The van der Waals surface area contributed by atoms with Gasteiger partial charge in [-0.1, -0.05) is 41.6 Å². The Balaban J connectivity index is 1.45. The van der Waals surface area contributed by atoms with Gasteiger partial charge in [-0.3, -0.25) is 14.0 Å². The first-order chi connectivity index (χ1) is 15.4. The number of aromatic nitrogens is 3. The van der Waals surface area contributed by atoms with Crippen LogP contribution in [0.15, 0.2) is 66.0 Å². The van der Waals surface area contributed by atoms with E-state index >= 15 is 0 Å². The van der Waals surface area contributed by atoms with Gasteiger partial charge in [-0.15, -0.1) is 10.2 Å². The zero-order chi connectivity index (χ0) is 22.7. The van der Waals surface area contributed by atoms with E-state index in [1.807, 2.05) is 63.2 Å². The molecule has 2 N–H and O–H groups in total. The first-order valence-electron chi connectivity index (χ1n) is 10.1. The Bertz CT molecular complexity index is 1300. The smallest absolute Gasteiger partial charge is 0.257 e. The van der Waals surface area contributed by atoms with Crippen LogP contribution in [0, 0.1) is 20.8 Å². The molecule has 0 radical (unpaired) electrons. The summed E-state index contributed by atoms with van der Waals surface area (Å²) >= 11 is 1.27. The van der Waals surface area contributed by atoms with E-state index in [0.717, 1.165) is 28.1 Å². The van der Waals surface area contributed by atoms with Gasteiger partial charge in [0.1, 0.15) is 0 Å². The number of pyridine rings is 1. The van der Waals surface area contributed by atoms with Crippen LogP contribution in [0.4, 0.5) is 11.4 Å². The van der Waals surface area contributed by atoms with E-state index in [9.17, 15) is 9.59 Å². The SMILES string of the molecule is Cc1ccc(NC(=O)c2ccc3nnc(SCC(=O)Nc4cc(C)ccc4C)n3c2)cc1. The largest absolute Gasteiger partial charge is 0.325 e. The lowest BCUT2D eigenvalue weighted by Crippen LogP contribution is -2.15. The molecule has 162 valence electrons. The van der Waals surface area contributed by atoms with Crippen molar-refractivity contribution in [1.82, 2.24) is 14.6 Å². The first kappa shape index (κ1) is 21.6. The number of thioether (sulfide) groups is 1. The molecule has 7 nitrogen and oxygen atoms in total. The minimum Gasteiger partial charge on any atom is -0.325 e. The van der Waals surface area contributed by atoms with Crippen LogP contribution in [0.5, 0.6) is 0 Å². The maximum atomic E-state index is 12.7. The van der Waals surface area contributed by atoms with Crippen LogP contribution in [0.1, 0.15) is 27.0 Å². The van der Waals surface area contributed by atoms with Crippen molar-refractivity contribution < 1.29 is 9.59 Å². The third-order valence-electron chi connectivity index (χ3n) is 4.94. The monoisotopic (exact) mass is 445 g/mol. The van der Waals surface area contributed by atoms with Crippen molar-refractivity contribution in [3.05, 3.63) is 83.0 Å². The number of amides is 2. The van der Waals surface area contributed by atoms with Crippen LogP contribution >= 0.6 is 11.8 Å². The van der Waals surface area contributed by atoms with Crippen LogP contribution < -0.4 is 10.6 Å². The molecule has 4 aromatic rings. The van der Waals surface area contributed by atoms with E-state index in [0.29, 0.717) is 16.4 Å². The Kier molecular flexibility index (Phi) is 6.23. The molecule has 0 saturated heterocycles. The van der Waals surface area contributed by atoms with Crippen molar-refractivity contribution in [1.29, 1.82) is 0 Å². The number of hydrogen-bond acceptors (Lipinski definition) is 5. The summed E-state index contributed by atoms with van der Waals surface area (Å²) in [6.07, 6.45) is 1.68. The molecule has 4 rings (SSSR count). The predicted molar refractivity (Wildman–Crippen MR) is 127 cm³/mol. The molecular weight excluding hydrogens is 422 g/mol. The van der Waals surface area contributed by atoms with E-state index in [-0.39, 0.29) is 17.6 Å². The second-order valence-electron chi connectivity index (χ2n) is 7.60. The number of carbonyl (C=O) groups is 2. The molecular formula is C24H23N5O2S. The van der Waals surface area contributed by atoms with Crippen LogP contribution in [0.25, 0.3) is 5.65 Å². The lowest BCUT2D eigenvalue weighted by Gasteiger charge is -2.09. The molecule has 0 unspecified atom stereocenters. The van der Waals surface area contributed by atoms with E-state index in [1.165, 1.54) is 11.8 Å². The quantitative estimate of drug-likeness (QED) is 0.422. The molecule has 2 heterocycles. The standard InChI is InChI=1S/C24H23N5O2S/c1-15-5-9-19(10-6-15)25-23(31)18-8-11-21-27-28-24(29(21)13-18)32-14-22(30)26-20-12-16(2)4-7-17(20)3/h4-13H,14H2,1-3H3,(H,25,31)(H,26,30). The highest BCUT2D eigenvalue weighted by molar-refractivity contribution is 7.99. The highest BCUT2D eigenvalue weighted by Gasteiger charge is 2.13. The Hall–Kier alpha value is -3.65. The van der Waals surface area contributed by atoms with Gasteiger partial charge in [0.25, 0.3) is 5.91 Å². The predicted octanol–water partition coefficient (Wildman–Crippen LogP) is 4.64. The van der Waals surface area contributed by atoms with E-state index < -0.39 is 0 Å². The Morgan fingerprint density at radius 1 is 0.906 bits per heavy atom. The number of fused-ring (bicyclic) bond motifs is 1. The summed E-state index contributed by atoms with van der Waals surface area (Å²) in [4.78, 5) is 25.1. The summed E-state index contributed by atoms with van der Waals surface area (Å²) in [5.74, 6) is -0.185. The molecule has 0 aliphatic heterocycles. The van der Waals surface area contributed by atoms with Crippen LogP contribution in [0.3, 0.4) is 0 Å². The van der Waals surface area contributed by atoms with Gasteiger partial charge in [-0.2, -0.15) is 0 Å². The second kappa shape index (κ2) is 9.23. The number of benzene rings is 2. The molecule has 2 amide bonds. The number of aryl methyl sites for hydroxylation is 3. The Morgan fingerprint density at radius 2 is 1.66 bits per heavy atom. The summed E-state index contributed by atoms with van der Waals surface area (Å²) in [6.45, 7) is 5.93. The van der Waals surface area contributed by atoms with Gasteiger partial charge < -0.3 is 10.6 Å². The van der Waals surface area contributed by atoms with Gasteiger partial charge in [0.2, 0.25) is 5.91 Å². The van der Waals surface area contributed by atoms with Crippen molar-refractivity contribution >= 4 is 40.6 Å². The molecule has 8 heteroatoms. The number of anilines is 2. The zero-order valence-electron chi connectivity index (χ0n) is 18.0. The van der Waals surface area contributed by atoms with Crippen molar-refractivity contribution in [3.8, 4) is 0 Å². The van der Waals surface area contributed by atoms with Crippen LogP contribution in [-0.4, -0.2) is 32.2 Å². The minimum absolute atomic E-state index is 0.131. The van der Waals surface area contributed by atoms with Gasteiger partial charge in [0, 0.05) is 17.6 Å². The van der Waals surface area contributed by atoms with Crippen molar-refractivity contribution in [2.75, 3.05) is 16.4 Å². The summed E-state index contributed by atoms with van der Waals surface area (Å²) in [5.41, 5.74) is 5.81. The lowest BCUT2D eigenvalue weighted by atomic mass is 10.1. The van der Waals surface area contributed by atoms with E-state index in [4.69, 9.17) is 0 Å². The number of nitrogens with zero attached hydrogens (tertiary/aromatic N) is 3. The third kappa shape index (κ3) is 4.97. The third-order valence-corrected chi connectivity index (χ3v) is 5.89. The molecule has 0 aliphatic rings. The average molecular weight is 446 g/mol. The van der Waals surface area contributed by atoms with Crippen LogP contribution in [0.2, 0.25) is 0 Å². The molecule has 0 atom stereocenters. The van der Waals surface area contributed by atoms with Crippen molar-refractivity contribution in [2.45, 2.75) is 25.9 Å². The lowest BCUT2D eigenvalue weighted by molar-refractivity contribution is -0.113. The fourth-order valence-electron chi connectivity index (χ4n) is 3.13. The van der Waals surface area contributed by atoms with Crippen molar-refractivity contribution in [2.24, 2.45) is 0 Å². The molecule has 2 aromatic carbocycles. The molecule has 2 aromatic heterocycles. The summed E-state index contributed by atoms with van der Waals surface area (Å²) in [5, 5.41) is 14.7. The first-order valence-corrected chi connectivity index (χ1v) is 11.1. The number of rotatable bonds is 6. The van der Waals surface area contributed by atoms with Gasteiger partial charge in [-0.25, -0.2) is 0 Å². The summed E-state index contributed by atoms with van der Waals surface area (Å²) in [6, 6.07) is 17.0. The molecule has 0 bridgehead atoms. The highest BCUT2D eigenvalue weighted by atomic mass is 32.2. The Labute approximate surface area is 190 Å². The normalized spacial score (nSPS) is 10.8. The highest BCUT2D eigenvalue weighted by Crippen LogP contribution is 2.21. The Morgan fingerprint density at radius 3 is 2.44 bits per heavy atom. The summed E-state index contributed by atoms with van der Waals surface area (Å²) in [7, 11) is 0. The van der Waals surface area contributed by atoms with E-state index in [1.54, 1.807) is 22.7 Å². The molecule has 0 fully saturated rings. The molecule has 32 heavy (non-hydrogen) atoms. The minimum atomic E-state index is -0.229. The van der Waals surface area contributed by atoms with Crippen LogP contribution in [-0.2, 0) is 4.79 Å². The van der Waals surface area contributed by atoms with E-state index in [2.05, 4.69) is 20.8 Å². The topological polar surface area (TPSA) is 88.4 Å². The number of hydrogen-bond donors (Lipinski definition) is 2. The molecule has 0 saturated carbocycles. The second-order valence-corrected chi connectivity index (χ2v) is 8.55. The zero-order valence-corrected chi connectivity index (χ0v) is 18.9. The van der Waals surface area contributed by atoms with Gasteiger partial charge in [0.05, 0.1) is 11.3 Å². The van der Waals surface area contributed by atoms with Gasteiger partial charge in [-0.05, 0) is 62.2 Å². The van der Waals surface area contributed by atoms with Gasteiger partial charge in [0.15, 0.2) is 10.8 Å². The van der Waals surface area contributed by atoms with Crippen molar-refractivity contribution in [3.63, 3.8) is 0 Å². The number of carbonyl (C=O) groups excluding carboxylic acids is 2. The maximum Gasteiger partial charge on any atom is 0.257 e. The van der Waals surface area contributed by atoms with Gasteiger partial charge >= 0.3 is 0 Å². The average Bonchev–Trinajstić information content (AvgIpc) is 3.18. The maximum absolute atomic E-state index is 12.7. The fraction of sp³-hybridized carbons (Fsp3) is 0.167. The molecule has 0 spiro atoms. The fourth-order valence-corrected chi connectivity index (χ4v) is 3.85.